The van der Waals surface area contributed by atoms with Gasteiger partial charge in [0, 0.05) is 28.7 Å². The lowest BCUT2D eigenvalue weighted by atomic mass is 10.1. The lowest BCUT2D eigenvalue weighted by molar-refractivity contribution is 0.0470. The molecule has 0 spiro atoms. The Bertz CT molecular complexity index is 1160. The van der Waals surface area contributed by atoms with E-state index in [2.05, 4.69) is 9.97 Å². The molecule has 0 fully saturated rings. The minimum absolute atomic E-state index is 0.0574. The number of esters is 1. The van der Waals surface area contributed by atoms with E-state index in [1.807, 2.05) is 31.2 Å². The summed E-state index contributed by atoms with van der Waals surface area (Å²) in [5, 5.41) is 2.52. The molecule has 0 bridgehead atoms. The van der Waals surface area contributed by atoms with Crippen LogP contribution in [0.2, 0.25) is 0 Å². The first-order chi connectivity index (χ1) is 12.1. The molecule has 0 atom stereocenters. The number of aromatic nitrogens is 3. The van der Waals surface area contributed by atoms with E-state index in [0.29, 0.717) is 16.2 Å². The molecule has 1 aromatic carbocycles. The fourth-order valence-electron chi connectivity index (χ4n) is 2.66. The Balaban J connectivity index is 1.63. The highest BCUT2D eigenvalue weighted by Crippen LogP contribution is 2.19. The normalized spacial score (nSPS) is 11.1. The Morgan fingerprint density at radius 2 is 2.08 bits per heavy atom. The lowest BCUT2D eigenvalue weighted by Gasteiger charge is -2.08. The number of hydrogen-bond acceptors (Lipinski definition) is 6. The van der Waals surface area contributed by atoms with Gasteiger partial charge in [0.05, 0.1) is 16.8 Å². The molecule has 4 aromatic rings. The standard InChI is InChI=1S/C18H13N3O3S/c1-11-8-14(13-4-2-3-5-15(13)19-11)17(23)24-10-12-9-16(22)21-6-7-25-18(21)20-12/h2-9H,10H2,1H3. The first-order valence-electron chi connectivity index (χ1n) is 7.61. The topological polar surface area (TPSA) is 73.6 Å². The summed E-state index contributed by atoms with van der Waals surface area (Å²) < 4.78 is 6.84. The summed E-state index contributed by atoms with van der Waals surface area (Å²) in [6.45, 7) is 1.77. The molecule has 0 saturated heterocycles. The van der Waals surface area contributed by atoms with Crippen molar-refractivity contribution in [1.82, 2.24) is 14.4 Å². The van der Waals surface area contributed by atoms with E-state index in [1.54, 1.807) is 17.6 Å². The largest absolute Gasteiger partial charge is 0.456 e. The van der Waals surface area contributed by atoms with E-state index in [1.165, 1.54) is 21.8 Å². The van der Waals surface area contributed by atoms with Crippen LogP contribution in [0, 0.1) is 6.92 Å². The molecule has 0 saturated carbocycles. The zero-order chi connectivity index (χ0) is 17.4. The molecule has 0 radical (unpaired) electrons. The summed E-state index contributed by atoms with van der Waals surface area (Å²) in [5.74, 6) is -0.463. The highest BCUT2D eigenvalue weighted by molar-refractivity contribution is 7.15. The van der Waals surface area contributed by atoms with Gasteiger partial charge in [0.15, 0.2) is 4.96 Å². The van der Waals surface area contributed by atoms with Gasteiger partial charge in [-0.1, -0.05) is 18.2 Å². The van der Waals surface area contributed by atoms with Crippen molar-refractivity contribution < 1.29 is 9.53 Å². The molecule has 6 nitrogen and oxygen atoms in total. The van der Waals surface area contributed by atoms with Gasteiger partial charge in [-0.05, 0) is 19.1 Å². The third-order valence-electron chi connectivity index (χ3n) is 3.77. The second-order valence-electron chi connectivity index (χ2n) is 5.55. The number of thiazole rings is 1. The molecule has 0 amide bonds. The van der Waals surface area contributed by atoms with Gasteiger partial charge in [0.2, 0.25) is 0 Å². The molecule has 25 heavy (non-hydrogen) atoms. The Labute approximate surface area is 146 Å². The number of nitrogens with zero attached hydrogens (tertiary/aromatic N) is 3. The van der Waals surface area contributed by atoms with E-state index < -0.39 is 5.97 Å². The Hall–Kier alpha value is -3.06. The fourth-order valence-corrected chi connectivity index (χ4v) is 3.39. The van der Waals surface area contributed by atoms with Gasteiger partial charge in [-0.2, -0.15) is 0 Å². The third kappa shape index (κ3) is 2.89. The molecule has 3 aromatic heterocycles. The highest BCUT2D eigenvalue weighted by atomic mass is 32.1. The van der Waals surface area contributed by atoms with Gasteiger partial charge in [0.25, 0.3) is 5.56 Å². The van der Waals surface area contributed by atoms with Crippen LogP contribution in [0.1, 0.15) is 21.7 Å². The maximum absolute atomic E-state index is 12.5. The predicted octanol–water partition coefficient (Wildman–Crippen LogP) is 2.97. The highest BCUT2D eigenvalue weighted by Gasteiger charge is 2.14. The number of para-hydroxylation sites is 1. The smallest absolute Gasteiger partial charge is 0.339 e. The van der Waals surface area contributed by atoms with Gasteiger partial charge in [-0.25, -0.2) is 9.78 Å². The monoisotopic (exact) mass is 351 g/mol. The van der Waals surface area contributed by atoms with E-state index in [0.717, 1.165) is 16.6 Å². The van der Waals surface area contributed by atoms with Crippen molar-refractivity contribution in [1.29, 1.82) is 0 Å². The zero-order valence-corrected chi connectivity index (χ0v) is 14.1. The van der Waals surface area contributed by atoms with Crippen LogP contribution in [0.25, 0.3) is 15.9 Å². The molecule has 0 aliphatic carbocycles. The quantitative estimate of drug-likeness (QED) is 0.531. The van der Waals surface area contributed by atoms with Crippen molar-refractivity contribution in [2.24, 2.45) is 0 Å². The molecule has 7 heteroatoms. The number of carbonyl (C=O) groups is 1. The van der Waals surface area contributed by atoms with Crippen molar-refractivity contribution in [3.8, 4) is 0 Å². The van der Waals surface area contributed by atoms with E-state index in [4.69, 9.17) is 4.74 Å². The molecule has 0 aliphatic rings. The minimum Gasteiger partial charge on any atom is -0.456 e. The molecular weight excluding hydrogens is 338 g/mol. The summed E-state index contributed by atoms with van der Waals surface area (Å²) in [7, 11) is 0. The fraction of sp³-hybridized carbons (Fsp3) is 0.111. The van der Waals surface area contributed by atoms with Crippen LogP contribution in [-0.2, 0) is 11.3 Å². The summed E-state index contributed by atoms with van der Waals surface area (Å²) >= 11 is 1.35. The van der Waals surface area contributed by atoms with Gasteiger partial charge in [-0.3, -0.25) is 14.2 Å². The van der Waals surface area contributed by atoms with Crippen LogP contribution in [0.4, 0.5) is 0 Å². The first-order valence-corrected chi connectivity index (χ1v) is 8.49. The number of fused-ring (bicyclic) bond motifs is 2. The average Bonchev–Trinajstić information content (AvgIpc) is 3.08. The molecule has 0 N–H and O–H groups in total. The molecular formula is C18H13N3O3S. The predicted molar refractivity (Wildman–Crippen MR) is 94.9 cm³/mol. The number of hydrogen-bond donors (Lipinski definition) is 0. The summed E-state index contributed by atoms with van der Waals surface area (Å²) in [6.07, 6.45) is 1.66. The molecule has 0 unspecified atom stereocenters. The van der Waals surface area contributed by atoms with E-state index >= 15 is 0 Å². The molecule has 0 aliphatic heterocycles. The van der Waals surface area contributed by atoms with Crippen molar-refractivity contribution >= 4 is 33.2 Å². The van der Waals surface area contributed by atoms with Crippen molar-refractivity contribution in [3.63, 3.8) is 0 Å². The van der Waals surface area contributed by atoms with Crippen molar-refractivity contribution in [2.75, 3.05) is 0 Å². The third-order valence-corrected chi connectivity index (χ3v) is 4.53. The SMILES string of the molecule is Cc1cc(C(=O)OCc2cc(=O)n3ccsc3n2)c2ccccc2n1. The van der Waals surface area contributed by atoms with Crippen LogP contribution in [0.5, 0.6) is 0 Å². The number of carbonyl (C=O) groups excluding carboxylic acids is 1. The number of ether oxygens (including phenoxy) is 1. The summed E-state index contributed by atoms with van der Waals surface area (Å²) in [6, 6.07) is 10.5. The Kier molecular flexibility index (Phi) is 3.77. The van der Waals surface area contributed by atoms with Crippen molar-refractivity contribution in [2.45, 2.75) is 13.5 Å². The first kappa shape index (κ1) is 15.5. The Morgan fingerprint density at radius 3 is 2.96 bits per heavy atom. The van der Waals surface area contributed by atoms with Gasteiger partial charge < -0.3 is 4.74 Å². The molecule has 124 valence electrons. The summed E-state index contributed by atoms with van der Waals surface area (Å²) in [4.78, 5) is 33.8. The number of rotatable bonds is 3. The number of aryl methyl sites for hydroxylation is 1. The van der Waals surface area contributed by atoms with Gasteiger partial charge in [-0.15, -0.1) is 11.3 Å². The zero-order valence-electron chi connectivity index (χ0n) is 13.3. The maximum Gasteiger partial charge on any atom is 0.339 e. The molecule has 4 rings (SSSR count). The van der Waals surface area contributed by atoms with Crippen LogP contribution in [0.3, 0.4) is 0 Å². The second-order valence-corrected chi connectivity index (χ2v) is 6.42. The number of benzene rings is 1. The number of pyridine rings is 1. The average molecular weight is 351 g/mol. The second kappa shape index (κ2) is 6.10. The van der Waals surface area contributed by atoms with Gasteiger partial charge >= 0.3 is 5.97 Å². The van der Waals surface area contributed by atoms with Crippen LogP contribution in [-0.4, -0.2) is 20.3 Å². The Morgan fingerprint density at radius 1 is 1.24 bits per heavy atom. The molecule has 3 heterocycles. The van der Waals surface area contributed by atoms with Gasteiger partial charge in [0.1, 0.15) is 6.61 Å². The van der Waals surface area contributed by atoms with E-state index in [-0.39, 0.29) is 12.2 Å². The maximum atomic E-state index is 12.5. The van der Waals surface area contributed by atoms with Crippen LogP contribution < -0.4 is 5.56 Å². The minimum atomic E-state index is -0.463. The van der Waals surface area contributed by atoms with Crippen LogP contribution in [0.15, 0.2) is 52.8 Å². The lowest BCUT2D eigenvalue weighted by Crippen LogP contribution is -2.15. The van der Waals surface area contributed by atoms with Crippen molar-refractivity contribution in [3.05, 3.63) is 75.3 Å². The van der Waals surface area contributed by atoms with E-state index in [9.17, 15) is 9.59 Å². The van der Waals surface area contributed by atoms with Crippen LogP contribution >= 0.6 is 11.3 Å². The summed E-state index contributed by atoms with van der Waals surface area (Å²) in [5.41, 5.74) is 2.17.